The van der Waals surface area contributed by atoms with E-state index in [1.807, 2.05) is 54.1 Å². The van der Waals surface area contributed by atoms with Crippen LogP contribution in [0.15, 0.2) is 52.9 Å². The fourth-order valence-corrected chi connectivity index (χ4v) is 3.10. The summed E-state index contributed by atoms with van der Waals surface area (Å²) >= 11 is 0. The number of carbonyl (C=O) groups is 1. The zero-order chi connectivity index (χ0) is 18.3. The quantitative estimate of drug-likeness (QED) is 0.216. The van der Waals surface area contributed by atoms with E-state index in [1.165, 1.54) is 0 Å². The number of carboxylic acids is 1. The highest BCUT2D eigenvalue weighted by Gasteiger charge is 2.14. The van der Waals surface area contributed by atoms with Crippen LogP contribution in [0.4, 0.5) is 5.69 Å². The van der Waals surface area contributed by atoms with Gasteiger partial charge in [0, 0.05) is 28.6 Å². The standard InChI is InChI=1S/C20H17N3O3.ClH/c1-23(9-8-19(24)25)12-6-7-16-17(10-12)26-18-11-15(21)13-4-2-3-5-14(13)20(18)22-16;/h2-7,10-11,21H,8-9H2,1H3,(H,24,25);1H. The number of nitrogens with zero attached hydrogens (tertiary/aromatic N) is 2. The second kappa shape index (κ2) is 7.25. The summed E-state index contributed by atoms with van der Waals surface area (Å²) in [4.78, 5) is 15.5. The molecule has 2 aromatic rings. The molecule has 0 saturated carbocycles. The van der Waals surface area contributed by atoms with Crippen LogP contribution in [0.3, 0.4) is 0 Å². The molecule has 1 aliphatic heterocycles. The van der Waals surface area contributed by atoms with Gasteiger partial charge in [-0.2, -0.15) is 0 Å². The van der Waals surface area contributed by atoms with Crippen LogP contribution in [0.5, 0.6) is 0 Å². The van der Waals surface area contributed by atoms with Gasteiger partial charge < -0.3 is 27.7 Å². The van der Waals surface area contributed by atoms with Crippen molar-refractivity contribution in [2.75, 3.05) is 19.3 Å². The molecule has 6 nitrogen and oxygen atoms in total. The Kier molecular flexibility index (Phi) is 5.01. The zero-order valence-electron chi connectivity index (χ0n) is 14.6. The number of hydrogen-bond acceptors (Lipinski definition) is 4. The molecule has 3 N–H and O–H groups in total. The monoisotopic (exact) mass is 383 g/mol. The largest absolute Gasteiger partial charge is 1.00 e. The van der Waals surface area contributed by atoms with E-state index in [1.54, 1.807) is 6.07 Å². The van der Waals surface area contributed by atoms with Gasteiger partial charge in [-0.25, -0.2) is 9.56 Å². The van der Waals surface area contributed by atoms with Crippen molar-refractivity contribution < 1.29 is 26.7 Å². The molecule has 27 heavy (non-hydrogen) atoms. The van der Waals surface area contributed by atoms with Crippen LogP contribution < -0.4 is 28.1 Å². The molecule has 138 valence electrons. The van der Waals surface area contributed by atoms with E-state index in [0.29, 0.717) is 23.6 Å². The van der Waals surface area contributed by atoms with E-state index in [4.69, 9.17) is 20.2 Å². The first-order valence-corrected chi connectivity index (χ1v) is 8.31. The Morgan fingerprint density at radius 1 is 1.19 bits per heavy atom. The van der Waals surface area contributed by atoms with E-state index in [2.05, 4.69) is 0 Å². The summed E-state index contributed by atoms with van der Waals surface area (Å²) in [5.41, 5.74) is 8.94. The molecular formula is C20H18ClN3O3. The number of rotatable bonds is 3. The average Bonchev–Trinajstić information content (AvgIpc) is 2.64. The number of fused-ring (bicyclic) bond motifs is 4. The SMILES string of the molecule is C[N+](CCC(=O)O)=c1ccc2nc3c(cc(N)c4ccccc43)oc-2c1.[Cl-]. The van der Waals surface area contributed by atoms with Crippen LogP contribution in [0.1, 0.15) is 6.42 Å². The fourth-order valence-electron chi connectivity index (χ4n) is 3.10. The van der Waals surface area contributed by atoms with E-state index in [0.717, 1.165) is 27.3 Å². The fraction of sp³-hybridized carbons (Fsp3) is 0.150. The molecule has 0 atom stereocenters. The molecular weight excluding hydrogens is 366 g/mol. The Morgan fingerprint density at radius 3 is 2.67 bits per heavy atom. The summed E-state index contributed by atoms with van der Waals surface area (Å²) in [6.45, 7) is 0.416. The van der Waals surface area contributed by atoms with Gasteiger partial charge in [0.1, 0.15) is 24.7 Å². The van der Waals surface area contributed by atoms with Gasteiger partial charge in [-0.15, -0.1) is 0 Å². The van der Waals surface area contributed by atoms with E-state index in [9.17, 15) is 4.79 Å². The minimum absolute atomic E-state index is 0. The first-order valence-electron chi connectivity index (χ1n) is 8.31. The van der Waals surface area contributed by atoms with Crippen LogP contribution in [-0.2, 0) is 4.79 Å². The number of anilines is 1. The predicted octanol–water partition coefficient (Wildman–Crippen LogP) is -0.451. The molecule has 0 radical (unpaired) electrons. The van der Waals surface area contributed by atoms with Crippen LogP contribution in [0.25, 0.3) is 33.3 Å². The lowest BCUT2D eigenvalue weighted by Crippen LogP contribution is -3.00. The number of aromatic nitrogens is 1. The molecule has 0 amide bonds. The molecule has 1 aliphatic carbocycles. The summed E-state index contributed by atoms with van der Waals surface area (Å²) in [6, 6.07) is 15.3. The van der Waals surface area contributed by atoms with Gasteiger partial charge in [-0.1, -0.05) is 24.3 Å². The average molecular weight is 384 g/mol. The maximum atomic E-state index is 10.8. The first-order chi connectivity index (χ1) is 12.5. The topological polar surface area (TPSA) is 92.4 Å². The second-order valence-corrected chi connectivity index (χ2v) is 6.29. The van der Waals surface area contributed by atoms with E-state index >= 15 is 0 Å². The molecule has 0 spiro atoms. The Bertz CT molecular complexity index is 1200. The van der Waals surface area contributed by atoms with Crippen LogP contribution >= 0.6 is 0 Å². The van der Waals surface area contributed by atoms with Crippen molar-refractivity contribution in [2.45, 2.75) is 6.42 Å². The highest BCUT2D eigenvalue weighted by Crippen LogP contribution is 2.32. The van der Waals surface area contributed by atoms with Crippen LogP contribution in [-0.4, -0.2) is 29.7 Å². The number of benzene rings is 3. The highest BCUT2D eigenvalue weighted by atomic mass is 35.5. The van der Waals surface area contributed by atoms with Crippen molar-refractivity contribution in [1.29, 1.82) is 0 Å². The van der Waals surface area contributed by atoms with Crippen molar-refractivity contribution in [3.05, 3.63) is 53.9 Å². The highest BCUT2D eigenvalue weighted by molar-refractivity contribution is 6.09. The van der Waals surface area contributed by atoms with Gasteiger partial charge in [-0.05, 0) is 6.07 Å². The molecule has 0 bridgehead atoms. The minimum atomic E-state index is -0.822. The third-order valence-corrected chi connectivity index (χ3v) is 4.51. The summed E-state index contributed by atoms with van der Waals surface area (Å²) in [5, 5.41) is 11.6. The third kappa shape index (κ3) is 3.44. The summed E-state index contributed by atoms with van der Waals surface area (Å²) in [6.07, 6.45) is 0.0736. The minimum Gasteiger partial charge on any atom is -1.00 e. The van der Waals surface area contributed by atoms with Gasteiger partial charge in [0.05, 0.1) is 6.07 Å². The maximum absolute atomic E-state index is 10.8. The molecule has 2 aliphatic rings. The molecule has 2 aromatic carbocycles. The Hall–Kier alpha value is -3.12. The Balaban J connectivity index is 0.00000210. The Labute approximate surface area is 161 Å². The van der Waals surface area contributed by atoms with Gasteiger partial charge in [0.25, 0.3) is 0 Å². The van der Waals surface area contributed by atoms with Gasteiger partial charge in [0.2, 0.25) is 5.36 Å². The lowest BCUT2D eigenvalue weighted by Gasteiger charge is -2.09. The van der Waals surface area contributed by atoms with Gasteiger partial charge in [-0.3, -0.25) is 4.79 Å². The molecule has 0 fully saturated rings. The van der Waals surface area contributed by atoms with Crippen LogP contribution in [0.2, 0.25) is 0 Å². The van der Waals surface area contributed by atoms with Crippen molar-refractivity contribution in [2.24, 2.45) is 0 Å². The number of aliphatic carboxylic acids is 1. The second-order valence-electron chi connectivity index (χ2n) is 6.29. The molecule has 0 saturated heterocycles. The normalized spacial score (nSPS) is 12.2. The van der Waals surface area contributed by atoms with Gasteiger partial charge in [0.15, 0.2) is 17.9 Å². The van der Waals surface area contributed by atoms with Gasteiger partial charge >= 0.3 is 5.97 Å². The summed E-state index contributed by atoms with van der Waals surface area (Å²) in [5.74, 6) is -0.191. The molecule has 7 heteroatoms. The number of halogens is 1. The van der Waals surface area contributed by atoms with Crippen molar-refractivity contribution >= 4 is 33.5 Å². The van der Waals surface area contributed by atoms with Crippen LogP contribution in [0, 0.1) is 0 Å². The van der Waals surface area contributed by atoms with Crippen molar-refractivity contribution in [1.82, 2.24) is 9.56 Å². The predicted molar refractivity (Wildman–Crippen MR) is 101 cm³/mol. The summed E-state index contributed by atoms with van der Waals surface area (Å²) < 4.78 is 7.94. The lowest BCUT2D eigenvalue weighted by molar-refractivity contribution is -0.136. The number of nitrogen functional groups attached to an aromatic ring is 1. The number of hydrogen-bond donors (Lipinski definition) is 2. The van der Waals surface area contributed by atoms with E-state index < -0.39 is 5.97 Å². The molecule has 0 unspecified atom stereocenters. The first kappa shape index (κ1) is 18.7. The molecule has 4 rings (SSSR count). The Morgan fingerprint density at radius 2 is 1.93 bits per heavy atom. The van der Waals surface area contributed by atoms with Crippen molar-refractivity contribution in [3.8, 4) is 11.5 Å². The zero-order valence-corrected chi connectivity index (χ0v) is 15.4. The third-order valence-electron chi connectivity index (χ3n) is 4.51. The number of carboxylic acid groups (broad SMARTS) is 1. The van der Waals surface area contributed by atoms with E-state index in [-0.39, 0.29) is 18.8 Å². The maximum Gasteiger partial charge on any atom is 0.309 e. The summed E-state index contributed by atoms with van der Waals surface area (Å²) in [7, 11) is 1.85. The lowest BCUT2D eigenvalue weighted by atomic mass is 10.1. The number of nitrogens with two attached hydrogens (primary N) is 1. The molecule has 0 aromatic heterocycles. The van der Waals surface area contributed by atoms with Crippen molar-refractivity contribution in [3.63, 3.8) is 0 Å². The molecule has 1 heterocycles. The smallest absolute Gasteiger partial charge is 0.309 e.